The molecule has 0 bridgehead atoms. The number of aromatic nitrogens is 3. The Balaban J connectivity index is 1.64. The Hall–Kier alpha value is -2.28. The molecule has 1 amide bonds. The zero-order chi connectivity index (χ0) is 15.5. The normalized spacial score (nSPS) is 18.2. The Labute approximate surface area is 127 Å². The molecule has 22 heavy (non-hydrogen) atoms. The van der Waals surface area contributed by atoms with E-state index in [9.17, 15) is 9.18 Å². The van der Waals surface area contributed by atoms with Gasteiger partial charge in [0, 0.05) is 32.1 Å². The summed E-state index contributed by atoms with van der Waals surface area (Å²) < 4.78 is 15.6. The van der Waals surface area contributed by atoms with Crippen molar-refractivity contribution < 1.29 is 9.18 Å². The summed E-state index contributed by atoms with van der Waals surface area (Å²) in [5.41, 5.74) is 1.32. The van der Waals surface area contributed by atoms with Gasteiger partial charge >= 0.3 is 0 Å². The first kappa shape index (κ1) is 14.6. The quantitative estimate of drug-likeness (QED) is 0.905. The lowest BCUT2D eigenvalue weighted by molar-refractivity contribution is -0.117. The minimum Gasteiger partial charge on any atom is -0.308 e. The van der Waals surface area contributed by atoms with Gasteiger partial charge in [0.1, 0.15) is 5.82 Å². The van der Waals surface area contributed by atoms with Gasteiger partial charge in [-0.25, -0.2) is 9.07 Å². The second kappa shape index (κ2) is 6.23. The molecule has 0 aliphatic carbocycles. The number of hydrogen-bond acceptors (Lipinski definition) is 4. The van der Waals surface area contributed by atoms with E-state index >= 15 is 0 Å². The van der Waals surface area contributed by atoms with E-state index in [1.54, 1.807) is 29.1 Å². The van der Waals surface area contributed by atoms with Gasteiger partial charge < -0.3 is 10.2 Å². The summed E-state index contributed by atoms with van der Waals surface area (Å²) in [5, 5.41) is 11.2. The van der Waals surface area contributed by atoms with Crippen molar-refractivity contribution in [1.82, 2.24) is 20.3 Å². The van der Waals surface area contributed by atoms with E-state index in [4.69, 9.17) is 0 Å². The van der Waals surface area contributed by atoms with Crippen LogP contribution in [0.25, 0.3) is 0 Å². The Kier molecular flexibility index (Phi) is 4.15. The molecule has 3 rings (SSSR count). The van der Waals surface area contributed by atoms with Gasteiger partial charge in [-0.1, -0.05) is 17.3 Å². The number of carbonyl (C=O) groups is 1. The highest BCUT2D eigenvalue weighted by atomic mass is 19.1. The van der Waals surface area contributed by atoms with E-state index < -0.39 is 0 Å². The van der Waals surface area contributed by atoms with Crippen LogP contribution >= 0.6 is 0 Å². The first-order chi connectivity index (χ1) is 10.7. The minimum atomic E-state index is -0.371. The summed E-state index contributed by atoms with van der Waals surface area (Å²) in [6.45, 7) is 3.80. The Morgan fingerprint density at radius 3 is 3.00 bits per heavy atom. The first-order valence-corrected chi connectivity index (χ1v) is 7.34. The van der Waals surface area contributed by atoms with Gasteiger partial charge in [-0.15, -0.1) is 5.10 Å². The summed E-state index contributed by atoms with van der Waals surface area (Å²) in [5.74, 6) is -0.436. The standard InChI is InChI=1S/C15H18FN5O/c1-2-21-12(9-18-19-21)8-17-11-7-15(22)20(10-11)14-6-4-3-5-13(14)16/h3-6,9,11,17H,2,7-8,10H2,1H3. The molecule has 116 valence electrons. The number of carbonyl (C=O) groups excluding carboxylic acids is 1. The van der Waals surface area contributed by atoms with E-state index in [2.05, 4.69) is 15.6 Å². The number of nitrogens with zero attached hydrogens (tertiary/aromatic N) is 4. The number of amides is 1. The molecular formula is C15H18FN5O. The third-order valence-electron chi connectivity index (χ3n) is 3.84. The molecule has 1 saturated heterocycles. The van der Waals surface area contributed by atoms with Crippen LogP contribution in [0, 0.1) is 5.82 Å². The van der Waals surface area contributed by atoms with Gasteiger partial charge in [-0.2, -0.15) is 0 Å². The fraction of sp³-hybridized carbons (Fsp3) is 0.400. The number of rotatable bonds is 5. The number of anilines is 1. The van der Waals surface area contributed by atoms with E-state index in [0.717, 1.165) is 12.2 Å². The average molecular weight is 303 g/mol. The number of aryl methyl sites for hydroxylation is 1. The lowest BCUT2D eigenvalue weighted by Gasteiger charge is -2.17. The van der Waals surface area contributed by atoms with Crippen molar-refractivity contribution >= 4 is 11.6 Å². The summed E-state index contributed by atoms with van der Waals surface area (Å²) in [6.07, 6.45) is 2.07. The van der Waals surface area contributed by atoms with Gasteiger partial charge in [0.25, 0.3) is 0 Å². The molecule has 1 aromatic heterocycles. The zero-order valence-electron chi connectivity index (χ0n) is 12.4. The van der Waals surface area contributed by atoms with Crippen LogP contribution in [-0.2, 0) is 17.9 Å². The number of hydrogen-bond donors (Lipinski definition) is 1. The molecule has 1 aliphatic rings. The maximum absolute atomic E-state index is 13.8. The molecule has 1 aliphatic heterocycles. The van der Waals surface area contributed by atoms with Gasteiger partial charge in [-0.05, 0) is 19.1 Å². The molecular weight excluding hydrogens is 285 g/mol. The second-order valence-electron chi connectivity index (χ2n) is 5.28. The van der Waals surface area contributed by atoms with E-state index in [1.165, 1.54) is 11.0 Å². The molecule has 1 unspecified atom stereocenters. The van der Waals surface area contributed by atoms with Gasteiger partial charge in [0.2, 0.25) is 5.91 Å². The predicted octanol–water partition coefficient (Wildman–Crippen LogP) is 1.33. The fourth-order valence-electron chi connectivity index (χ4n) is 2.68. The van der Waals surface area contributed by atoms with Crippen LogP contribution < -0.4 is 10.2 Å². The third kappa shape index (κ3) is 2.85. The van der Waals surface area contributed by atoms with Crippen LogP contribution in [0.5, 0.6) is 0 Å². The molecule has 1 aromatic carbocycles. The van der Waals surface area contributed by atoms with Crippen LogP contribution in [0.15, 0.2) is 30.5 Å². The monoisotopic (exact) mass is 303 g/mol. The topological polar surface area (TPSA) is 63.1 Å². The molecule has 7 heteroatoms. The summed E-state index contributed by atoms with van der Waals surface area (Å²) >= 11 is 0. The van der Waals surface area contributed by atoms with Gasteiger partial charge in [-0.3, -0.25) is 4.79 Å². The summed E-state index contributed by atoms with van der Waals surface area (Å²) in [4.78, 5) is 13.6. The third-order valence-corrected chi connectivity index (χ3v) is 3.84. The van der Waals surface area contributed by atoms with Crippen molar-refractivity contribution in [1.29, 1.82) is 0 Å². The van der Waals surface area contributed by atoms with Crippen molar-refractivity contribution in [2.24, 2.45) is 0 Å². The average Bonchev–Trinajstić information content (AvgIpc) is 3.11. The molecule has 1 atom stereocenters. The maximum atomic E-state index is 13.8. The largest absolute Gasteiger partial charge is 0.308 e. The van der Waals surface area contributed by atoms with E-state index in [-0.39, 0.29) is 17.8 Å². The van der Waals surface area contributed by atoms with Gasteiger partial charge in [0.05, 0.1) is 17.6 Å². The summed E-state index contributed by atoms with van der Waals surface area (Å²) in [7, 11) is 0. The van der Waals surface area contributed by atoms with Crippen molar-refractivity contribution in [2.45, 2.75) is 32.5 Å². The molecule has 1 N–H and O–H groups in total. The van der Waals surface area contributed by atoms with Crippen LogP contribution in [-0.4, -0.2) is 33.5 Å². The highest BCUT2D eigenvalue weighted by Crippen LogP contribution is 2.24. The van der Waals surface area contributed by atoms with Crippen molar-refractivity contribution in [3.05, 3.63) is 42.0 Å². The fourth-order valence-corrected chi connectivity index (χ4v) is 2.68. The number of halogens is 1. The lowest BCUT2D eigenvalue weighted by atomic mass is 10.2. The summed E-state index contributed by atoms with van der Waals surface area (Å²) in [6, 6.07) is 6.35. The van der Waals surface area contributed by atoms with Crippen LogP contribution in [0.3, 0.4) is 0 Å². The van der Waals surface area contributed by atoms with Crippen LogP contribution in [0.2, 0.25) is 0 Å². The molecule has 6 nitrogen and oxygen atoms in total. The maximum Gasteiger partial charge on any atom is 0.228 e. The molecule has 0 spiro atoms. The smallest absolute Gasteiger partial charge is 0.228 e. The predicted molar refractivity (Wildman–Crippen MR) is 79.7 cm³/mol. The SMILES string of the molecule is CCn1nncc1CNC1CC(=O)N(c2ccccc2F)C1. The molecule has 2 aromatic rings. The van der Waals surface area contributed by atoms with E-state index in [0.29, 0.717) is 25.2 Å². The Bertz CT molecular complexity index is 671. The van der Waals surface area contributed by atoms with Crippen molar-refractivity contribution in [3.8, 4) is 0 Å². The zero-order valence-corrected chi connectivity index (χ0v) is 12.4. The van der Waals surface area contributed by atoms with Gasteiger partial charge in [0.15, 0.2) is 0 Å². The highest BCUT2D eigenvalue weighted by molar-refractivity contribution is 5.96. The number of nitrogens with one attached hydrogen (secondary N) is 1. The Morgan fingerprint density at radius 2 is 2.23 bits per heavy atom. The Morgan fingerprint density at radius 1 is 1.41 bits per heavy atom. The van der Waals surface area contributed by atoms with Crippen molar-refractivity contribution in [3.63, 3.8) is 0 Å². The van der Waals surface area contributed by atoms with Crippen molar-refractivity contribution in [2.75, 3.05) is 11.4 Å². The molecule has 1 fully saturated rings. The molecule has 0 saturated carbocycles. The number of para-hydroxylation sites is 1. The lowest BCUT2D eigenvalue weighted by Crippen LogP contribution is -2.33. The minimum absolute atomic E-state index is 0.00712. The second-order valence-corrected chi connectivity index (χ2v) is 5.28. The highest BCUT2D eigenvalue weighted by Gasteiger charge is 2.31. The number of benzene rings is 1. The van der Waals surface area contributed by atoms with E-state index in [1.807, 2.05) is 6.92 Å². The van der Waals surface area contributed by atoms with Crippen LogP contribution in [0.1, 0.15) is 19.0 Å². The van der Waals surface area contributed by atoms with Crippen LogP contribution in [0.4, 0.5) is 10.1 Å². The first-order valence-electron chi connectivity index (χ1n) is 7.34. The molecule has 2 heterocycles. The molecule has 0 radical (unpaired) electrons.